The first-order valence-corrected chi connectivity index (χ1v) is 5.65. The van der Waals surface area contributed by atoms with Gasteiger partial charge in [0, 0.05) is 5.56 Å². The summed E-state index contributed by atoms with van der Waals surface area (Å²) >= 11 is 0. The van der Waals surface area contributed by atoms with E-state index in [1.807, 2.05) is 24.5 Å². The van der Waals surface area contributed by atoms with Crippen molar-refractivity contribution in [1.82, 2.24) is 9.97 Å². The second kappa shape index (κ2) is 3.10. The summed E-state index contributed by atoms with van der Waals surface area (Å²) in [6.45, 7) is 0.864. The van der Waals surface area contributed by atoms with Crippen molar-refractivity contribution in [2.75, 3.05) is 0 Å². The van der Waals surface area contributed by atoms with Crippen LogP contribution in [0.1, 0.15) is 5.56 Å². The minimum Gasteiger partial charge on any atom is -0.229 e. The zero-order valence-electron chi connectivity index (χ0n) is 9.17. The predicted octanol–water partition coefficient (Wildman–Crippen LogP) is 1.90. The van der Waals surface area contributed by atoms with Gasteiger partial charge in [0.15, 0.2) is 11.4 Å². The van der Waals surface area contributed by atoms with Crippen LogP contribution in [-0.2, 0) is 6.54 Å². The van der Waals surface area contributed by atoms with Gasteiger partial charge in [-0.1, -0.05) is 29.2 Å². The van der Waals surface area contributed by atoms with Crippen molar-refractivity contribution in [2.24, 2.45) is 0 Å². The van der Waals surface area contributed by atoms with Crippen LogP contribution in [0.4, 0.5) is 0 Å². The van der Waals surface area contributed by atoms with Crippen LogP contribution in [0.5, 0.6) is 0 Å². The Hall–Kier alpha value is -2.29. The summed E-state index contributed by atoms with van der Waals surface area (Å²) in [5, 5.41) is 0. The molecule has 3 nitrogen and oxygen atoms in total. The van der Waals surface area contributed by atoms with Crippen molar-refractivity contribution in [2.45, 2.75) is 6.54 Å². The molecule has 0 saturated heterocycles. The molecule has 0 atom stereocenters. The molecule has 1 aliphatic carbocycles. The molecule has 1 aromatic carbocycles. The van der Waals surface area contributed by atoms with Crippen LogP contribution in [0.25, 0.3) is 22.8 Å². The maximum Gasteiger partial charge on any atom is 0.271 e. The Morgan fingerprint density at radius 2 is 1.82 bits per heavy atom. The van der Waals surface area contributed by atoms with E-state index in [0.29, 0.717) is 0 Å². The lowest BCUT2D eigenvalue weighted by Crippen LogP contribution is -2.31. The number of hydrogen-bond donors (Lipinski definition) is 0. The molecule has 0 spiro atoms. The van der Waals surface area contributed by atoms with Gasteiger partial charge in [-0.3, -0.25) is 0 Å². The molecule has 4 rings (SSSR count). The summed E-state index contributed by atoms with van der Waals surface area (Å²) in [6.07, 6.45) is 1.88. The van der Waals surface area contributed by atoms with E-state index >= 15 is 0 Å². The van der Waals surface area contributed by atoms with Crippen molar-refractivity contribution >= 4 is 0 Å². The van der Waals surface area contributed by atoms with Gasteiger partial charge in [0.1, 0.15) is 0 Å². The van der Waals surface area contributed by atoms with Crippen LogP contribution in [-0.4, -0.2) is 9.97 Å². The van der Waals surface area contributed by atoms with Gasteiger partial charge in [-0.05, 0) is 18.2 Å². The van der Waals surface area contributed by atoms with E-state index in [4.69, 9.17) is 4.98 Å². The van der Waals surface area contributed by atoms with Crippen LogP contribution in [0.15, 0.2) is 48.8 Å². The topological polar surface area (TPSA) is 29.7 Å². The van der Waals surface area contributed by atoms with E-state index in [0.717, 1.165) is 23.8 Å². The molecule has 0 aromatic heterocycles. The molecule has 17 heavy (non-hydrogen) atoms. The Morgan fingerprint density at radius 1 is 0.941 bits per heavy atom. The zero-order valence-corrected chi connectivity index (χ0v) is 9.17. The highest BCUT2D eigenvalue weighted by Crippen LogP contribution is 2.26. The lowest BCUT2D eigenvalue weighted by Gasteiger charge is -1.91. The average Bonchev–Trinajstić information content (AvgIpc) is 2.90. The van der Waals surface area contributed by atoms with E-state index in [1.54, 1.807) is 0 Å². The number of benzene rings is 1. The maximum absolute atomic E-state index is 4.72. The number of hydrogen-bond acceptors (Lipinski definition) is 2. The van der Waals surface area contributed by atoms with Crippen molar-refractivity contribution in [3.05, 3.63) is 54.4 Å². The fourth-order valence-electron chi connectivity index (χ4n) is 2.36. The van der Waals surface area contributed by atoms with Crippen LogP contribution in [0, 0.1) is 0 Å². The van der Waals surface area contributed by atoms with Gasteiger partial charge in [-0.15, -0.1) is 4.98 Å². The standard InChI is InChI=1S/C14H10N3/c1-2-5-11-10(4-1)8-17-9-15-12-6-3-7-13(12)16-14(11)17/h1-7,9H,8H2/q+1. The molecule has 3 aliphatic rings. The molecular weight excluding hydrogens is 210 g/mol. The lowest BCUT2D eigenvalue weighted by molar-refractivity contribution is -0.676. The first-order valence-electron chi connectivity index (χ1n) is 5.65. The van der Waals surface area contributed by atoms with Gasteiger partial charge in [-0.2, -0.15) is 0 Å². The third kappa shape index (κ3) is 1.19. The molecule has 0 radical (unpaired) electrons. The van der Waals surface area contributed by atoms with Gasteiger partial charge >= 0.3 is 0 Å². The molecule has 1 aromatic rings. The summed E-state index contributed by atoms with van der Waals surface area (Å²) in [5.41, 5.74) is 4.43. The fourth-order valence-corrected chi connectivity index (χ4v) is 2.36. The lowest BCUT2D eigenvalue weighted by atomic mass is 10.1. The van der Waals surface area contributed by atoms with Crippen LogP contribution >= 0.6 is 0 Å². The highest BCUT2D eigenvalue weighted by Gasteiger charge is 2.25. The van der Waals surface area contributed by atoms with E-state index < -0.39 is 0 Å². The molecule has 0 fully saturated rings. The zero-order chi connectivity index (χ0) is 11.2. The maximum atomic E-state index is 4.72. The molecule has 80 valence electrons. The summed E-state index contributed by atoms with van der Waals surface area (Å²) < 4.78 is 2.10. The third-order valence-corrected chi connectivity index (χ3v) is 3.20. The van der Waals surface area contributed by atoms with E-state index in [-0.39, 0.29) is 0 Å². The predicted molar refractivity (Wildman–Crippen MR) is 63.4 cm³/mol. The molecule has 0 bridgehead atoms. The first kappa shape index (κ1) is 8.82. The molecule has 0 saturated carbocycles. The summed E-state index contributed by atoms with van der Waals surface area (Å²) in [6, 6.07) is 14.4. The Bertz CT molecular complexity index is 691. The molecule has 0 unspecified atom stereocenters. The third-order valence-electron chi connectivity index (χ3n) is 3.20. The van der Waals surface area contributed by atoms with Gasteiger partial charge in [0.05, 0.1) is 12.1 Å². The monoisotopic (exact) mass is 220 g/mol. The minimum atomic E-state index is 0.864. The normalized spacial score (nSPS) is 12.5. The SMILES string of the molecule is c1cc2nc[n+]3c(nc-2c1)-c1ccccc1C3. The fraction of sp³-hybridized carbons (Fsp3) is 0.0714. The molecule has 3 heteroatoms. The largest absolute Gasteiger partial charge is 0.271 e. The number of aromatic nitrogens is 3. The van der Waals surface area contributed by atoms with E-state index in [2.05, 4.69) is 33.8 Å². The molecule has 0 amide bonds. The van der Waals surface area contributed by atoms with Gasteiger partial charge < -0.3 is 0 Å². The Balaban J connectivity index is 2.06. The average molecular weight is 220 g/mol. The molecular formula is C14H10N3+. The van der Waals surface area contributed by atoms with Gasteiger partial charge in [0.2, 0.25) is 6.33 Å². The van der Waals surface area contributed by atoms with Gasteiger partial charge in [0.25, 0.3) is 5.82 Å². The highest BCUT2D eigenvalue weighted by atomic mass is 15.1. The summed E-state index contributed by atoms with van der Waals surface area (Å²) in [5.74, 6) is 1.01. The minimum absolute atomic E-state index is 0.864. The van der Waals surface area contributed by atoms with E-state index in [1.165, 1.54) is 11.1 Å². The Labute approximate surface area is 98.8 Å². The quantitative estimate of drug-likeness (QED) is 0.424. The summed E-state index contributed by atoms with van der Waals surface area (Å²) in [4.78, 5) is 9.18. The first-order chi connectivity index (χ1) is 8.42. The number of rotatable bonds is 0. The van der Waals surface area contributed by atoms with Crippen LogP contribution < -0.4 is 4.57 Å². The second-order valence-electron chi connectivity index (χ2n) is 4.26. The Morgan fingerprint density at radius 3 is 2.82 bits per heavy atom. The van der Waals surface area contributed by atoms with E-state index in [9.17, 15) is 0 Å². The smallest absolute Gasteiger partial charge is 0.229 e. The van der Waals surface area contributed by atoms with Crippen molar-refractivity contribution in [3.63, 3.8) is 0 Å². The highest BCUT2D eigenvalue weighted by molar-refractivity contribution is 5.63. The van der Waals surface area contributed by atoms with Crippen LogP contribution in [0.3, 0.4) is 0 Å². The van der Waals surface area contributed by atoms with Crippen molar-refractivity contribution in [1.29, 1.82) is 0 Å². The Kier molecular flexibility index (Phi) is 1.61. The van der Waals surface area contributed by atoms with Gasteiger partial charge in [-0.25, -0.2) is 4.57 Å². The second-order valence-corrected chi connectivity index (χ2v) is 4.26. The number of nitrogens with zero attached hydrogens (tertiary/aromatic N) is 3. The molecule has 0 N–H and O–H groups in total. The number of fused-ring (bicyclic) bond motifs is 4. The molecule has 2 heterocycles. The van der Waals surface area contributed by atoms with Crippen molar-refractivity contribution < 1.29 is 4.57 Å². The van der Waals surface area contributed by atoms with Crippen molar-refractivity contribution in [3.8, 4) is 22.8 Å². The molecule has 2 aliphatic heterocycles. The summed E-state index contributed by atoms with van der Waals surface area (Å²) in [7, 11) is 0. The van der Waals surface area contributed by atoms with Crippen LogP contribution in [0.2, 0.25) is 0 Å².